The molecule has 9 nitrogen and oxygen atoms in total. The van der Waals surface area contributed by atoms with E-state index < -0.39 is 10.0 Å². The lowest BCUT2D eigenvalue weighted by atomic mass is 10.1. The van der Waals surface area contributed by atoms with Gasteiger partial charge in [-0.1, -0.05) is 38.1 Å². The molecule has 2 aromatic carbocycles. The molecule has 4 aromatic rings. The molecule has 0 aliphatic rings. The molecule has 0 spiro atoms. The van der Waals surface area contributed by atoms with Crippen LogP contribution in [0.4, 0.5) is 10.2 Å². The number of hydrogen-bond donors (Lipinski definition) is 1. The van der Waals surface area contributed by atoms with Crippen LogP contribution in [0.1, 0.15) is 48.2 Å². The second-order valence-corrected chi connectivity index (χ2v) is 11.3. The van der Waals surface area contributed by atoms with Crippen LogP contribution >= 0.6 is 0 Å². The number of aryl methyl sites for hydroxylation is 2. The first-order chi connectivity index (χ1) is 20.1. The molecule has 226 valence electrons. The fraction of sp³-hybridized carbons (Fsp3) is 0.355. The topological polar surface area (TPSA) is 111 Å². The number of rotatable bonds is 12. The predicted molar refractivity (Wildman–Crippen MR) is 162 cm³/mol. The summed E-state index contributed by atoms with van der Waals surface area (Å²) in [6.45, 7) is 4.61. The van der Waals surface area contributed by atoms with Crippen LogP contribution in [0.3, 0.4) is 0 Å². The number of carbonyl (C=O) groups is 1. The van der Waals surface area contributed by atoms with Crippen molar-refractivity contribution < 1.29 is 31.5 Å². The number of nitrogens with one attached hydrogen (secondary N) is 1. The highest BCUT2D eigenvalue weighted by Gasteiger charge is 2.24. The Hall–Kier alpha value is -4.12. The van der Waals surface area contributed by atoms with E-state index in [1.807, 2.05) is 38.1 Å². The maximum Gasteiger partial charge on any atom is 0.254 e. The third-order valence-electron chi connectivity index (χ3n) is 6.52. The van der Waals surface area contributed by atoms with Gasteiger partial charge in [0.1, 0.15) is 17.9 Å². The normalized spacial score (nSPS) is 11.0. The SMILES string of the molecule is CCc1cc2c(C(=O)NC)coc2nc1N(CCCCOc1ccccc1OC)S(C)(=O)=O.CCc1ccc(F)cc1. The van der Waals surface area contributed by atoms with Crippen LogP contribution in [0, 0.1) is 5.82 Å². The number of pyridine rings is 1. The van der Waals surface area contributed by atoms with Gasteiger partial charge in [0.2, 0.25) is 15.7 Å². The summed E-state index contributed by atoms with van der Waals surface area (Å²) < 4.78 is 55.2. The molecule has 0 aliphatic heterocycles. The van der Waals surface area contributed by atoms with Crippen molar-refractivity contribution in [3.05, 3.63) is 83.4 Å². The number of ether oxygens (including phenoxy) is 2. The lowest BCUT2D eigenvalue weighted by Crippen LogP contribution is -2.32. The van der Waals surface area contributed by atoms with Gasteiger partial charge in [-0.05, 0) is 67.1 Å². The highest BCUT2D eigenvalue weighted by molar-refractivity contribution is 7.92. The van der Waals surface area contributed by atoms with E-state index in [0.29, 0.717) is 59.7 Å². The molecule has 0 saturated heterocycles. The molecule has 42 heavy (non-hydrogen) atoms. The van der Waals surface area contributed by atoms with Crippen molar-refractivity contribution in [1.29, 1.82) is 0 Å². The Kier molecular flexibility index (Phi) is 11.7. The Bertz CT molecular complexity index is 1570. The van der Waals surface area contributed by atoms with Crippen LogP contribution in [0.5, 0.6) is 11.5 Å². The Morgan fingerprint density at radius 1 is 1.05 bits per heavy atom. The molecule has 1 amide bonds. The number of benzene rings is 2. The Balaban J connectivity index is 0.000000458. The maximum atomic E-state index is 12.6. The second-order valence-electron chi connectivity index (χ2n) is 9.43. The molecule has 2 heterocycles. The summed E-state index contributed by atoms with van der Waals surface area (Å²) in [6, 6.07) is 15.7. The number of hydrogen-bond acceptors (Lipinski definition) is 7. The molecule has 0 unspecified atom stereocenters. The third-order valence-corrected chi connectivity index (χ3v) is 7.67. The number of amides is 1. The molecule has 0 fully saturated rings. The fourth-order valence-electron chi connectivity index (χ4n) is 4.20. The predicted octanol–water partition coefficient (Wildman–Crippen LogP) is 5.77. The first-order valence-electron chi connectivity index (χ1n) is 13.7. The monoisotopic (exact) mass is 599 g/mol. The summed E-state index contributed by atoms with van der Waals surface area (Å²) in [7, 11) is -0.479. The molecular weight excluding hydrogens is 561 g/mol. The van der Waals surface area contributed by atoms with Crippen LogP contribution in [0.25, 0.3) is 11.1 Å². The first kappa shape index (κ1) is 32.4. The summed E-state index contributed by atoms with van der Waals surface area (Å²) in [5.74, 6) is 1.16. The van der Waals surface area contributed by atoms with Gasteiger partial charge in [-0.2, -0.15) is 4.98 Å². The maximum absolute atomic E-state index is 12.6. The van der Waals surface area contributed by atoms with E-state index in [0.717, 1.165) is 12.7 Å². The van der Waals surface area contributed by atoms with Gasteiger partial charge in [-0.3, -0.25) is 9.10 Å². The minimum Gasteiger partial charge on any atom is -0.493 e. The molecule has 2 aromatic heterocycles. The first-order valence-corrected chi connectivity index (χ1v) is 15.6. The number of aromatic nitrogens is 1. The summed E-state index contributed by atoms with van der Waals surface area (Å²) in [6.07, 6.45) is 5.20. The van der Waals surface area contributed by atoms with E-state index >= 15 is 0 Å². The number of para-hydroxylation sites is 2. The van der Waals surface area contributed by atoms with Gasteiger partial charge in [0.15, 0.2) is 11.5 Å². The van der Waals surface area contributed by atoms with Crippen LogP contribution in [-0.4, -0.2) is 52.9 Å². The Labute approximate surface area is 246 Å². The summed E-state index contributed by atoms with van der Waals surface area (Å²) >= 11 is 0. The van der Waals surface area contributed by atoms with E-state index in [1.54, 1.807) is 25.3 Å². The van der Waals surface area contributed by atoms with Gasteiger partial charge in [0, 0.05) is 13.6 Å². The zero-order chi connectivity index (χ0) is 30.7. The number of furan rings is 1. The van der Waals surface area contributed by atoms with Crippen molar-refractivity contribution >= 4 is 32.8 Å². The number of carbonyl (C=O) groups excluding carboxylic acids is 1. The van der Waals surface area contributed by atoms with Crippen LogP contribution in [0.2, 0.25) is 0 Å². The van der Waals surface area contributed by atoms with Gasteiger partial charge in [-0.15, -0.1) is 0 Å². The van der Waals surface area contributed by atoms with Gasteiger partial charge in [0.25, 0.3) is 5.91 Å². The molecule has 11 heteroatoms. The highest BCUT2D eigenvalue weighted by atomic mass is 32.2. The zero-order valence-electron chi connectivity index (χ0n) is 24.6. The molecule has 0 bridgehead atoms. The summed E-state index contributed by atoms with van der Waals surface area (Å²) in [4.78, 5) is 16.6. The molecule has 0 saturated carbocycles. The Morgan fingerprint density at radius 2 is 1.74 bits per heavy atom. The van der Waals surface area contributed by atoms with Crippen molar-refractivity contribution in [2.45, 2.75) is 39.5 Å². The van der Waals surface area contributed by atoms with Crippen molar-refractivity contribution in [1.82, 2.24) is 10.3 Å². The minimum atomic E-state index is -3.59. The van der Waals surface area contributed by atoms with Crippen molar-refractivity contribution in [3.8, 4) is 11.5 Å². The van der Waals surface area contributed by atoms with Gasteiger partial charge < -0.3 is 19.2 Å². The largest absolute Gasteiger partial charge is 0.493 e. The number of fused-ring (bicyclic) bond motifs is 1. The van der Waals surface area contributed by atoms with Crippen molar-refractivity contribution in [2.75, 3.05) is 37.9 Å². The van der Waals surface area contributed by atoms with Crippen LogP contribution < -0.4 is 19.1 Å². The average Bonchev–Trinajstić information content (AvgIpc) is 3.41. The van der Waals surface area contributed by atoms with Crippen LogP contribution in [0.15, 0.2) is 65.3 Å². The number of unbranched alkanes of at least 4 members (excludes halogenated alkanes) is 1. The number of methoxy groups -OCH3 is 1. The third kappa shape index (κ3) is 8.45. The highest BCUT2D eigenvalue weighted by Crippen LogP contribution is 2.30. The smallest absolute Gasteiger partial charge is 0.254 e. The number of nitrogens with zero attached hydrogens (tertiary/aromatic N) is 2. The van der Waals surface area contributed by atoms with E-state index in [-0.39, 0.29) is 24.0 Å². The zero-order valence-corrected chi connectivity index (χ0v) is 25.5. The van der Waals surface area contributed by atoms with Crippen LogP contribution in [-0.2, 0) is 22.9 Å². The quantitative estimate of drug-likeness (QED) is 0.206. The minimum absolute atomic E-state index is 0.160. The number of anilines is 1. The lowest BCUT2D eigenvalue weighted by molar-refractivity contribution is 0.0964. The molecule has 1 N–H and O–H groups in total. The molecular formula is C31H38FN3O6S. The summed E-state index contributed by atoms with van der Waals surface area (Å²) in [5, 5.41) is 3.11. The van der Waals surface area contributed by atoms with Gasteiger partial charge in [-0.25, -0.2) is 12.8 Å². The number of sulfonamides is 1. The average molecular weight is 600 g/mol. The standard InChI is InChI=1S/C23H29N3O6S.C8H9F/c1-5-16-14-17-18(22(27)24-2)15-32-23(17)25-21(16)26(33(4,28)29)12-8-9-13-31-20-11-7-6-10-19(20)30-3;1-2-7-3-5-8(9)6-4-7/h6-7,10-11,14-15H,5,8-9,12-13H2,1-4H3,(H,24,27);3-6H,2H2,1H3. The van der Waals surface area contributed by atoms with E-state index in [9.17, 15) is 17.6 Å². The van der Waals surface area contributed by atoms with Crippen molar-refractivity contribution in [2.24, 2.45) is 0 Å². The second kappa shape index (κ2) is 15.2. The lowest BCUT2D eigenvalue weighted by Gasteiger charge is -2.23. The molecule has 4 rings (SSSR count). The Morgan fingerprint density at radius 3 is 2.33 bits per heavy atom. The fourth-order valence-corrected chi connectivity index (χ4v) is 5.14. The molecule has 0 aliphatic carbocycles. The molecule has 0 atom stereocenters. The number of halogens is 1. The van der Waals surface area contributed by atoms with E-state index in [1.165, 1.54) is 35.3 Å². The van der Waals surface area contributed by atoms with E-state index in [4.69, 9.17) is 13.9 Å². The van der Waals surface area contributed by atoms with Crippen molar-refractivity contribution in [3.63, 3.8) is 0 Å². The van der Waals surface area contributed by atoms with Gasteiger partial charge >= 0.3 is 0 Å². The molecule has 0 radical (unpaired) electrons. The van der Waals surface area contributed by atoms with Gasteiger partial charge in [0.05, 0.1) is 30.9 Å². The summed E-state index contributed by atoms with van der Waals surface area (Å²) in [5.41, 5.74) is 2.47. The van der Waals surface area contributed by atoms with E-state index in [2.05, 4.69) is 10.3 Å².